The zero-order valence-electron chi connectivity index (χ0n) is 13.9. The molecule has 0 aliphatic heterocycles. The van der Waals surface area contributed by atoms with E-state index in [1.165, 1.54) is 0 Å². The summed E-state index contributed by atoms with van der Waals surface area (Å²) in [7, 11) is 0. The zero-order valence-corrected chi connectivity index (χ0v) is 13.9. The smallest absolute Gasteiger partial charge is 0.303 e. The molecular weight excluding hydrogens is 268 g/mol. The van der Waals surface area contributed by atoms with Crippen LogP contribution in [0.15, 0.2) is 0 Å². The number of aliphatic carboxylic acids is 1. The van der Waals surface area contributed by atoms with Gasteiger partial charge in [0.1, 0.15) is 0 Å². The van der Waals surface area contributed by atoms with Crippen molar-refractivity contribution >= 4 is 11.9 Å². The van der Waals surface area contributed by atoms with E-state index < -0.39 is 5.97 Å². The molecule has 1 unspecified atom stereocenters. The predicted octanol–water partition coefficient (Wildman–Crippen LogP) is 2.25. The fourth-order valence-electron chi connectivity index (χ4n) is 2.67. The van der Waals surface area contributed by atoms with E-state index in [1.54, 1.807) is 0 Å². The van der Waals surface area contributed by atoms with Crippen molar-refractivity contribution in [3.63, 3.8) is 0 Å². The van der Waals surface area contributed by atoms with E-state index in [0.29, 0.717) is 31.3 Å². The van der Waals surface area contributed by atoms with Gasteiger partial charge < -0.3 is 16.2 Å². The quantitative estimate of drug-likeness (QED) is 0.545. The first-order valence-electron chi connectivity index (χ1n) is 7.93. The highest BCUT2D eigenvalue weighted by atomic mass is 16.4. The molecule has 0 spiro atoms. The van der Waals surface area contributed by atoms with E-state index in [4.69, 9.17) is 10.8 Å². The lowest BCUT2D eigenvalue weighted by atomic mass is 9.92. The van der Waals surface area contributed by atoms with E-state index >= 15 is 0 Å². The van der Waals surface area contributed by atoms with Gasteiger partial charge in [0.05, 0.1) is 0 Å². The van der Waals surface area contributed by atoms with Gasteiger partial charge in [0.2, 0.25) is 5.91 Å². The standard InChI is InChI=1S/C16H32N2O3/c1-11(2)5-13(9-17)7-15(19)18-10-14(6-12(3)4)8-16(20)21/h11-14H,5-10,17H2,1-4H3,(H,18,19)(H,20,21)/t13-,14?/m0/s1. The average molecular weight is 300 g/mol. The summed E-state index contributed by atoms with van der Waals surface area (Å²) >= 11 is 0. The Morgan fingerprint density at radius 1 is 1.00 bits per heavy atom. The molecule has 5 heteroatoms. The topological polar surface area (TPSA) is 92.4 Å². The number of carbonyl (C=O) groups is 2. The number of hydrogen-bond donors (Lipinski definition) is 3. The van der Waals surface area contributed by atoms with Crippen LogP contribution in [0, 0.1) is 23.7 Å². The number of nitrogens with one attached hydrogen (secondary N) is 1. The minimum absolute atomic E-state index is 0.00660. The van der Waals surface area contributed by atoms with Crippen LogP contribution in [0.25, 0.3) is 0 Å². The normalized spacial score (nSPS) is 14.2. The fourth-order valence-corrected chi connectivity index (χ4v) is 2.67. The Bertz CT molecular complexity index is 317. The van der Waals surface area contributed by atoms with E-state index in [2.05, 4.69) is 33.0 Å². The van der Waals surface area contributed by atoms with Gasteiger partial charge in [-0.3, -0.25) is 9.59 Å². The third-order valence-electron chi connectivity index (χ3n) is 3.47. The molecule has 0 fully saturated rings. The maximum Gasteiger partial charge on any atom is 0.303 e. The highest BCUT2D eigenvalue weighted by Gasteiger charge is 2.18. The Kier molecular flexibility index (Phi) is 10.0. The lowest BCUT2D eigenvalue weighted by Crippen LogP contribution is -2.33. The lowest BCUT2D eigenvalue weighted by Gasteiger charge is -2.20. The van der Waals surface area contributed by atoms with E-state index in [9.17, 15) is 9.59 Å². The Hall–Kier alpha value is -1.10. The van der Waals surface area contributed by atoms with Gasteiger partial charge >= 0.3 is 5.97 Å². The van der Waals surface area contributed by atoms with Crippen molar-refractivity contribution in [2.24, 2.45) is 29.4 Å². The van der Waals surface area contributed by atoms with Gasteiger partial charge in [-0.2, -0.15) is 0 Å². The molecule has 0 saturated heterocycles. The maximum atomic E-state index is 12.0. The molecule has 21 heavy (non-hydrogen) atoms. The van der Waals surface area contributed by atoms with Gasteiger partial charge in [-0.05, 0) is 43.1 Å². The highest BCUT2D eigenvalue weighted by Crippen LogP contribution is 2.16. The highest BCUT2D eigenvalue weighted by molar-refractivity contribution is 5.76. The van der Waals surface area contributed by atoms with Crippen LogP contribution >= 0.6 is 0 Å². The van der Waals surface area contributed by atoms with E-state index in [0.717, 1.165) is 12.8 Å². The van der Waals surface area contributed by atoms with Crippen LogP contribution in [0.2, 0.25) is 0 Å². The number of amides is 1. The summed E-state index contributed by atoms with van der Waals surface area (Å²) in [6.45, 7) is 9.30. The molecule has 1 amide bonds. The van der Waals surface area contributed by atoms with E-state index in [-0.39, 0.29) is 24.2 Å². The summed E-state index contributed by atoms with van der Waals surface area (Å²) in [5.74, 6) is 0.303. The summed E-state index contributed by atoms with van der Waals surface area (Å²) in [4.78, 5) is 22.8. The molecule has 0 radical (unpaired) electrons. The maximum absolute atomic E-state index is 12.0. The summed E-state index contributed by atoms with van der Waals surface area (Å²) in [5.41, 5.74) is 5.70. The van der Waals surface area contributed by atoms with Crippen LogP contribution in [0.5, 0.6) is 0 Å². The first kappa shape index (κ1) is 19.9. The first-order chi connectivity index (χ1) is 9.74. The van der Waals surface area contributed by atoms with Crippen molar-refractivity contribution in [1.29, 1.82) is 0 Å². The van der Waals surface area contributed by atoms with Gasteiger partial charge in [0.25, 0.3) is 0 Å². The molecule has 0 heterocycles. The van der Waals surface area contributed by atoms with Crippen LogP contribution in [-0.4, -0.2) is 30.1 Å². The molecule has 2 atom stereocenters. The molecule has 4 N–H and O–H groups in total. The van der Waals surface area contributed by atoms with Crippen molar-refractivity contribution in [1.82, 2.24) is 5.32 Å². The summed E-state index contributed by atoms with van der Waals surface area (Å²) < 4.78 is 0. The molecule has 5 nitrogen and oxygen atoms in total. The second kappa shape index (κ2) is 10.6. The Morgan fingerprint density at radius 3 is 1.95 bits per heavy atom. The third-order valence-corrected chi connectivity index (χ3v) is 3.47. The van der Waals surface area contributed by atoms with Gasteiger partial charge in [0.15, 0.2) is 0 Å². The van der Waals surface area contributed by atoms with Crippen LogP contribution in [-0.2, 0) is 9.59 Å². The molecule has 0 aromatic rings. The second-order valence-corrected chi connectivity index (χ2v) is 6.83. The molecule has 0 bridgehead atoms. The Balaban J connectivity index is 4.24. The fraction of sp³-hybridized carbons (Fsp3) is 0.875. The number of carboxylic acids is 1. The van der Waals surface area contributed by atoms with Crippen LogP contribution in [0.3, 0.4) is 0 Å². The number of carboxylic acid groups (broad SMARTS) is 1. The molecule has 0 rings (SSSR count). The van der Waals surface area contributed by atoms with Gasteiger partial charge in [-0.15, -0.1) is 0 Å². The molecule has 0 aromatic carbocycles. The van der Waals surface area contributed by atoms with Crippen molar-refractivity contribution in [3.8, 4) is 0 Å². The minimum Gasteiger partial charge on any atom is -0.481 e. The van der Waals surface area contributed by atoms with Crippen molar-refractivity contribution in [3.05, 3.63) is 0 Å². The number of nitrogens with two attached hydrogens (primary N) is 1. The average Bonchev–Trinajstić information content (AvgIpc) is 2.33. The summed E-state index contributed by atoms with van der Waals surface area (Å²) in [6.07, 6.45) is 2.27. The molecule has 124 valence electrons. The van der Waals surface area contributed by atoms with Gasteiger partial charge in [-0.25, -0.2) is 0 Å². The summed E-state index contributed by atoms with van der Waals surface area (Å²) in [6, 6.07) is 0. The predicted molar refractivity (Wildman–Crippen MR) is 84.8 cm³/mol. The van der Waals surface area contributed by atoms with Gasteiger partial charge in [0, 0.05) is 19.4 Å². The van der Waals surface area contributed by atoms with Gasteiger partial charge in [-0.1, -0.05) is 27.7 Å². The molecule has 0 aliphatic rings. The molecular formula is C16H32N2O3. The molecule has 0 aliphatic carbocycles. The van der Waals surface area contributed by atoms with Crippen molar-refractivity contribution in [2.45, 2.75) is 53.4 Å². The van der Waals surface area contributed by atoms with E-state index in [1.807, 2.05) is 0 Å². The molecule has 0 saturated carbocycles. The number of rotatable bonds is 11. The lowest BCUT2D eigenvalue weighted by molar-refractivity contribution is -0.138. The monoisotopic (exact) mass is 300 g/mol. The second-order valence-electron chi connectivity index (χ2n) is 6.83. The van der Waals surface area contributed by atoms with Crippen molar-refractivity contribution < 1.29 is 14.7 Å². The zero-order chi connectivity index (χ0) is 16.4. The largest absolute Gasteiger partial charge is 0.481 e. The molecule has 0 aromatic heterocycles. The number of hydrogen-bond acceptors (Lipinski definition) is 3. The minimum atomic E-state index is -0.811. The Labute approximate surface area is 128 Å². The first-order valence-corrected chi connectivity index (χ1v) is 7.93. The van der Waals surface area contributed by atoms with Crippen LogP contribution in [0.4, 0.5) is 0 Å². The third kappa shape index (κ3) is 11.3. The summed E-state index contributed by atoms with van der Waals surface area (Å²) in [5, 5.41) is 11.8. The van der Waals surface area contributed by atoms with Crippen molar-refractivity contribution in [2.75, 3.05) is 13.1 Å². The Morgan fingerprint density at radius 2 is 1.52 bits per heavy atom. The van der Waals surface area contributed by atoms with Crippen LogP contribution in [0.1, 0.15) is 53.4 Å². The number of carbonyl (C=O) groups excluding carboxylic acids is 1. The SMILES string of the molecule is CC(C)CC(CNC(=O)C[C@@H](CN)CC(C)C)CC(=O)O. The van der Waals surface area contributed by atoms with Crippen LogP contribution < -0.4 is 11.1 Å².